The number of piperazine rings is 1. The second-order valence-corrected chi connectivity index (χ2v) is 12.2. The maximum atomic E-state index is 14.9. The van der Waals surface area contributed by atoms with Crippen molar-refractivity contribution in [2.24, 2.45) is 0 Å². The second kappa shape index (κ2) is 12.2. The quantitative estimate of drug-likeness (QED) is 0.259. The first-order chi connectivity index (χ1) is 20.8. The number of hydrogen-bond acceptors (Lipinski definition) is 8. The van der Waals surface area contributed by atoms with Gasteiger partial charge in [0.05, 0.1) is 20.8 Å². The van der Waals surface area contributed by atoms with Crippen LogP contribution in [-0.2, 0) is 11.3 Å². The molecule has 3 amide bonds. The lowest BCUT2D eigenvalue weighted by Crippen LogP contribution is -2.58. The number of urea groups is 1. The summed E-state index contributed by atoms with van der Waals surface area (Å²) in [5.41, 5.74) is 2.92. The number of benzene rings is 1. The number of rotatable bonds is 8. The van der Waals surface area contributed by atoms with E-state index in [9.17, 15) is 19.1 Å². The van der Waals surface area contributed by atoms with Crippen LogP contribution in [0.25, 0.3) is 20.8 Å². The molecular formula is C31H33FN6O4S. The van der Waals surface area contributed by atoms with Crippen LogP contribution in [0, 0.1) is 5.82 Å². The summed E-state index contributed by atoms with van der Waals surface area (Å²) in [6.07, 6.45) is 5.42. The Morgan fingerprint density at radius 3 is 2.53 bits per heavy atom. The number of ether oxygens (including phenoxy) is 1. The standard InChI is InChI=1S/C31H33FN6O4S/c1-18-14-37(15-19(2)38(18)29(40)17-39)16-20-3-7-24(34-13-20)28-12-25-30(43-28)27(9-10-33-25)42-26-8-6-22(11-23(26)32)36-31(41)35-21-4-5-21/h3,6-13,18-19,21,39H,4-5,14-17H2,1-2H3,(H2,35,36,41)/t18-,19+. The van der Waals surface area contributed by atoms with Gasteiger partial charge in [-0.3, -0.25) is 19.7 Å². The van der Waals surface area contributed by atoms with Crippen LogP contribution in [0.1, 0.15) is 32.3 Å². The minimum atomic E-state index is -0.589. The number of hydrogen-bond donors (Lipinski definition) is 3. The zero-order valence-electron chi connectivity index (χ0n) is 23.9. The fraction of sp³-hybridized carbons (Fsp3) is 0.355. The molecule has 6 rings (SSSR count). The highest BCUT2D eigenvalue weighted by Crippen LogP contribution is 2.39. The van der Waals surface area contributed by atoms with E-state index >= 15 is 0 Å². The third-order valence-corrected chi connectivity index (χ3v) is 8.76. The third-order valence-electron chi connectivity index (χ3n) is 7.60. The molecule has 12 heteroatoms. The molecule has 10 nitrogen and oxygen atoms in total. The molecule has 0 unspecified atom stereocenters. The van der Waals surface area contributed by atoms with Crippen molar-refractivity contribution in [1.29, 1.82) is 0 Å². The van der Waals surface area contributed by atoms with E-state index in [2.05, 4.69) is 20.5 Å². The van der Waals surface area contributed by atoms with E-state index < -0.39 is 12.4 Å². The topological polar surface area (TPSA) is 120 Å². The fourth-order valence-corrected chi connectivity index (χ4v) is 6.58. The number of amides is 3. The highest BCUT2D eigenvalue weighted by atomic mass is 32.1. The molecule has 3 aromatic heterocycles. The molecule has 0 radical (unpaired) electrons. The monoisotopic (exact) mass is 604 g/mol. The molecule has 2 fully saturated rings. The van der Waals surface area contributed by atoms with E-state index in [1.54, 1.807) is 23.2 Å². The third kappa shape index (κ3) is 6.61. The summed E-state index contributed by atoms with van der Waals surface area (Å²) in [5, 5.41) is 14.7. The maximum absolute atomic E-state index is 14.9. The Bertz CT molecular complexity index is 1630. The molecule has 224 valence electrons. The summed E-state index contributed by atoms with van der Waals surface area (Å²) in [4.78, 5) is 38.2. The number of carbonyl (C=O) groups excluding carboxylic acids is 2. The number of carbonyl (C=O) groups is 2. The smallest absolute Gasteiger partial charge is 0.319 e. The Labute approximate surface area is 252 Å². The van der Waals surface area contributed by atoms with Crippen molar-refractivity contribution >= 4 is 39.2 Å². The zero-order valence-corrected chi connectivity index (χ0v) is 24.7. The Balaban J connectivity index is 1.13. The van der Waals surface area contributed by atoms with Gasteiger partial charge < -0.3 is 25.4 Å². The average molecular weight is 605 g/mol. The number of thiophene rings is 1. The van der Waals surface area contributed by atoms with Crippen LogP contribution < -0.4 is 15.4 Å². The van der Waals surface area contributed by atoms with Gasteiger partial charge >= 0.3 is 6.03 Å². The molecular weight excluding hydrogens is 571 g/mol. The zero-order chi connectivity index (χ0) is 30.1. The number of aliphatic hydroxyl groups excluding tert-OH is 1. The molecule has 3 N–H and O–H groups in total. The van der Waals surface area contributed by atoms with Gasteiger partial charge in [-0.15, -0.1) is 11.3 Å². The molecule has 2 atom stereocenters. The highest BCUT2D eigenvalue weighted by Gasteiger charge is 2.32. The minimum absolute atomic E-state index is 0.0135. The molecule has 1 aliphatic carbocycles. The predicted molar refractivity (Wildman–Crippen MR) is 163 cm³/mol. The van der Waals surface area contributed by atoms with Gasteiger partial charge in [-0.1, -0.05) is 6.07 Å². The summed E-state index contributed by atoms with van der Waals surface area (Å²) < 4.78 is 21.6. The first-order valence-electron chi connectivity index (χ1n) is 14.3. The van der Waals surface area contributed by atoms with E-state index in [1.165, 1.54) is 23.5 Å². The molecule has 43 heavy (non-hydrogen) atoms. The van der Waals surface area contributed by atoms with Crippen molar-refractivity contribution in [3.8, 4) is 22.1 Å². The van der Waals surface area contributed by atoms with Gasteiger partial charge in [0, 0.05) is 68.0 Å². The Kier molecular flexibility index (Phi) is 8.24. The molecule has 4 heterocycles. The minimum Gasteiger partial charge on any atom is -0.453 e. The van der Waals surface area contributed by atoms with Gasteiger partial charge in [0.1, 0.15) is 12.4 Å². The van der Waals surface area contributed by atoms with Crippen molar-refractivity contribution in [2.45, 2.75) is 51.4 Å². The van der Waals surface area contributed by atoms with Crippen LogP contribution in [0.15, 0.2) is 54.9 Å². The van der Waals surface area contributed by atoms with E-state index in [1.807, 2.05) is 38.2 Å². The molecule has 2 aliphatic rings. The van der Waals surface area contributed by atoms with Crippen molar-refractivity contribution in [3.63, 3.8) is 0 Å². The fourth-order valence-electron chi connectivity index (χ4n) is 5.54. The van der Waals surface area contributed by atoms with Gasteiger partial charge in [-0.2, -0.15) is 0 Å². The van der Waals surface area contributed by atoms with E-state index in [0.29, 0.717) is 18.0 Å². The van der Waals surface area contributed by atoms with Crippen LogP contribution in [-0.4, -0.2) is 74.6 Å². The summed E-state index contributed by atoms with van der Waals surface area (Å²) in [7, 11) is 0. The molecule has 1 aliphatic heterocycles. The van der Waals surface area contributed by atoms with Gasteiger partial charge in [0.2, 0.25) is 5.91 Å². The Morgan fingerprint density at radius 2 is 1.86 bits per heavy atom. The van der Waals surface area contributed by atoms with Gasteiger partial charge in [-0.25, -0.2) is 9.18 Å². The maximum Gasteiger partial charge on any atom is 0.319 e. The first kappa shape index (κ1) is 29.0. The van der Waals surface area contributed by atoms with Crippen LogP contribution in [0.3, 0.4) is 0 Å². The number of pyridine rings is 2. The van der Waals surface area contributed by atoms with E-state index in [4.69, 9.17) is 9.72 Å². The number of anilines is 1. The van der Waals surface area contributed by atoms with Crippen LogP contribution >= 0.6 is 11.3 Å². The number of aliphatic hydroxyl groups is 1. The number of halogens is 1. The summed E-state index contributed by atoms with van der Waals surface area (Å²) in [6, 6.07) is 11.9. The lowest BCUT2D eigenvalue weighted by Gasteiger charge is -2.44. The average Bonchev–Trinajstić information content (AvgIpc) is 3.67. The number of nitrogens with one attached hydrogen (secondary N) is 2. The molecule has 4 aromatic rings. The van der Waals surface area contributed by atoms with Gasteiger partial charge in [0.25, 0.3) is 0 Å². The van der Waals surface area contributed by atoms with Gasteiger partial charge in [-0.05, 0) is 56.5 Å². The SMILES string of the molecule is C[C@@H]1CN(Cc2ccc(-c3cc4nccc(Oc5ccc(NC(=O)NC6CC6)cc5F)c4s3)nc2)C[C@H](C)N1C(=O)CO. The van der Waals surface area contributed by atoms with Crippen LogP contribution in [0.5, 0.6) is 11.5 Å². The second-order valence-electron chi connectivity index (χ2n) is 11.2. The largest absolute Gasteiger partial charge is 0.453 e. The summed E-state index contributed by atoms with van der Waals surface area (Å²) in [5.74, 6) is -0.301. The lowest BCUT2D eigenvalue weighted by atomic mass is 10.1. The summed E-state index contributed by atoms with van der Waals surface area (Å²) in [6.45, 7) is 5.69. The first-order valence-corrected chi connectivity index (χ1v) is 15.1. The summed E-state index contributed by atoms with van der Waals surface area (Å²) >= 11 is 1.47. The van der Waals surface area contributed by atoms with Crippen molar-refractivity contribution in [1.82, 2.24) is 25.1 Å². The number of aromatic nitrogens is 2. The number of fused-ring (bicyclic) bond motifs is 1. The molecule has 1 aromatic carbocycles. The Morgan fingerprint density at radius 1 is 1.07 bits per heavy atom. The Hall–Kier alpha value is -4.13. The van der Waals surface area contributed by atoms with Crippen LogP contribution in [0.4, 0.5) is 14.9 Å². The van der Waals surface area contributed by atoms with Crippen LogP contribution in [0.2, 0.25) is 0 Å². The highest BCUT2D eigenvalue weighted by molar-refractivity contribution is 7.22. The molecule has 1 saturated heterocycles. The van der Waals surface area contributed by atoms with E-state index in [-0.39, 0.29) is 35.8 Å². The molecule has 0 spiro atoms. The normalized spacial score (nSPS) is 18.9. The van der Waals surface area contributed by atoms with E-state index in [0.717, 1.165) is 52.3 Å². The lowest BCUT2D eigenvalue weighted by molar-refractivity contribution is -0.142. The van der Waals surface area contributed by atoms with Crippen molar-refractivity contribution < 1.29 is 23.8 Å². The predicted octanol–water partition coefficient (Wildman–Crippen LogP) is 4.99. The molecule has 1 saturated carbocycles. The number of nitrogens with zero attached hydrogens (tertiary/aromatic N) is 4. The molecule has 0 bridgehead atoms. The van der Waals surface area contributed by atoms with Crippen molar-refractivity contribution in [2.75, 3.05) is 25.0 Å². The van der Waals surface area contributed by atoms with Crippen molar-refractivity contribution in [3.05, 3.63) is 66.2 Å². The van der Waals surface area contributed by atoms with Gasteiger partial charge in [0.15, 0.2) is 11.6 Å².